The van der Waals surface area contributed by atoms with Crippen LogP contribution in [0.3, 0.4) is 0 Å². The number of nitrogens with one attached hydrogen (secondary N) is 2. The summed E-state index contributed by atoms with van der Waals surface area (Å²) in [4.78, 5) is 14.6. The van der Waals surface area contributed by atoms with Crippen molar-refractivity contribution in [3.05, 3.63) is 53.8 Å². The van der Waals surface area contributed by atoms with Gasteiger partial charge in [-0.05, 0) is 49.1 Å². The predicted molar refractivity (Wildman–Crippen MR) is 112 cm³/mol. The molecule has 2 N–H and O–H groups in total. The van der Waals surface area contributed by atoms with Gasteiger partial charge in [0.15, 0.2) is 0 Å². The van der Waals surface area contributed by atoms with E-state index in [1.54, 1.807) is 13.8 Å². The largest absolute Gasteiger partial charge is 0.371 e. The standard InChI is InChI=1S/C21H26FN3O3S/c1-4-25-12-11-15-9-10-16(13-18(15)25)23-21(26)20(14(2)3)24-29(27,28)19-8-6-5-7-17(19)22/h5-10,13-14,20,24H,4,11-12H2,1-3H3,(H,23,26)/t20-/m0/s1. The van der Waals surface area contributed by atoms with Crippen molar-refractivity contribution in [2.24, 2.45) is 5.92 Å². The molecule has 1 atom stereocenters. The lowest BCUT2D eigenvalue weighted by molar-refractivity contribution is -0.118. The Labute approximate surface area is 171 Å². The van der Waals surface area contributed by atoms with Gasteiger partial charge >= 0.3 is 0 Å². The highest BCUT2D eigenvalue weighted by molar-refractivity contribution is 7.89. The molecule has 29 heavy (non-hydrogen) atoms. The molecule has 2 aromatic carbocycles. The van der Waals surface area contributed by atoms with E-state index in [1.165, 1.54) is 23.8 Å². The van der Waals surface area contributed by atoms with Crippen molar-refractivity contribution in [3.63, 3.8) is 0 Å². The Morgan fingerprint density at radius 2 is 1.93 bits per heavy atom. The van der Waals surface area contributed by atoms with Gasteiger partial charge in [0.1, 0.15) is 16.8 Å². The number of carbonyl (C=O) groups excluding carboxylic acids is 1. The average molecular weight is 420 g/mol. The quantitative estimate of drug-likeness (QED) is 0.723. The van der Waals surface area contributed by atoms with Crippen molar-refractivity contribution in [1.82, 2.24) is 4.72 Å². The zero-order valence-corrected chi connectivity index (χ0v) is 17.6. The van der Waals surface area contributed by atoms with Crippen LogP contribution in [0.2, 0.25) is 0 Å². The molecule has 2 aromatic rings. The molecule has 0 unspecified atom stereocenters. The maximum atomic E-state index is 14.0. The van der Waals surface area contributed by atoms with E-state index in [9.17, 15) is 17.6 Å². The van der Waals surface area contributed by atoms with Crippen LogP contribution < -0.4 is 14.9 Å². The molecular weight excluding hydrogens is 393 g/mol. The van der Waals surface area contributed by atoms with Crippen LogP contribution in [0.5, 0.6) is 0 Å². The summed E-state index contributed by atoms with van der Waals surface area (Å²) in [7, 11) is -4.19. The molecule has 156 valence electrons. The summed E-state index contributed by atoms with van der Waals surface area (Å²) in [5.74, 6) is -1.68. The molecule has 0 aliphatic carbocycles. The zero-order valence-electron chi connectivity index (χ0n) is 16.8. The first kappa shape index (κ1) is 21.3. The van der Waals surface area contributed by atoms with Crippen LogP contribution in [0.25, 0.3) is 0 Å². The highest BCUT2D eigenvalue weighted by Crippen LogP contribution is 2.30. The van der Waals surface area contributed by atoms with Gasteiger partial charge in [0.05, 0.1) is 0 Å². The Balaban J connectivity index is 1.80. The van der Waals surface area contributed by atoms with E-state index in [-0.39, 0.29) is 5.92 Å². The molecule has 0 saturated carbocycles. The smallest absolute Gasteiger partial charge is 0.244 e. The maximum absolute atomic E-state index is 14.0. The van der Waals surface area contributed by atoms with Crippen LogP contribution in [0.1, 0.15) is 26.3 Å². The molecule has 1 amide bonds. The number of benzene rings is 2. The summed E-state index contributed by atoms with van der Waals surface area (Å²) in [5, 5.41) is 2.80. The van der Waals surface area contributed by atoms with Crippen molar-refractivity contribution in [2.75, 3.05) is 23.3 Å². The number of sulfonamides is 1. The molecule has 0 bridgehead atoms. The van der Waals surface area contributed by atoms with Crippen molar-refractivity contribution >= 4 is 27.3 Å². The van der Waals surface area contributed by atoms with Gasteiger partial charge in [0, 0.05) is 24.5 Å². The molecular formula is C21H26FN3O3S. The Kier molecular flexibility index (Phi) is 6.24. The van der Waals surface area contributed by atoms with E-state index < -0.39 is 32.7 Å². The molecule has 1 heterocycles. The molecule has 0 saturated heterocycles. The summed E-state index contributed by atoms with van der Waals surface area (Å²) in [5.41, 5.74) is 2.91. The van der Waals surface area contributed by atoms with E-state index in [4.69, 9.17) is 0 Å². The molecule has 0 radical (unpaired) electrons. The van der Waals surface area contributed by atoms with Crippen LogP contribution in [-0.4, -0.2) is 33.5 Å². The lowest BCUT2D eigenvalue weighted by atomic mass is 10.0. The predicted octanol–water partition coefficient (Wildman–Crippen LogP) is 3.15. The van der Waals surface area contributed by atoms with Gasteiger partial charge in [-0.15, -0.1) is 0 Å². The fourth-order valence-corrected chi connectivity index (χ4v) is 4.88. The number of amides is 1. The van der Waals surface area contributed by atoms with Gasteiger partial charge in [-0.1, -0.05) is 32.0 Å². The first-order valence-corrected chi connectivity index (χ1v) is 11.2. The van der Waals surface area contributed by atoms with Gasteiger partial charge in [0.25, 0.3) is 0 Å². The summed E-state index contributed by atoms with van der Waals surface area (Å²) in [6, 6.07) is 9.76. The van der Waals surface area contributed by atoms with Crippen LogP contribution in [0.4, 0.5) is 15.8 Å². The molecule has 0 aromatic heterocycles. The third-order valence-corrected chi connectivity index (χ3v) is 6.56. The Morgan fingerprint density at radius 1 is 1.21 bits per heavy atom. The summed E-state index contributed by atoms with van der Waals surface area (Å²) in [6.07, 6.45) is 0.967. The average Bonchev–Trinajstić information content (AvgIpc) is 3.08. The van der Waals surface area contributed by atoms with Crippen LogP contribution >= 0.6 is 0 Å². The highest BCUT2D eigenvalue weighted by atomic mass is 32.2. The van der Waals surface area contributed by atoms with Crippen LogP contribution in [0.15, 0.2) is 47.4 Å². The van der Waals surface area contributed by atoms with Crippen molar-refractivity contribution in [2.45, 2.75) is 38.1 Å². The Bertz CT molecular complexity index is 1010. The monoisotopic (exact) mass is 419 g/mol. The van der Waals surface area contributed by atoms with E-state index in [2.05, 4.69) is 21.9 Å². The number of hydrogen-bond acceptors (Lipinski definition) is 4. The summed E-state index contributed by atoms with van der Waals surface area (Å²) in [6.45, 7) is 7.36. The molecule has 0 fully saturated rings. The molecule has 0 spiro atoms. The first-order valence-electron chi connectivity index (χ1n) is 9.68. The SMILES string of the molecule is CCN1CCc2ccc(NC(=O)[C@@H](NS(=O)(=O)c3ccccc3F)C(C)C)cc21. The number of fused-ring (bicyclic) bond motifs is 1. The third kappa shape index (κ3) is 4.59. The number of halogens is 1. The minimum Gasteiger partial charge on any atom is -0.371 e. The second kappa shape index (κ2) is 8.51. The zero-order chi connectivity index (χ0) is 21.2. The van der Waals surface area contributed by atoms with Crippen molar-refractivity contribution in [1.29, 1.82) is 0 Å². The van der Waals surface area contributed by atoms with Gasteiger partial charge in [0.2, 0.25) is 15.9 Å². The first-order chi connectivity index (χ1) is 13.7. The lowest BCUT2D eigenvalue weighted by Gasteiger charge is -2.22. The number of hydrogen-bond donors (Lipinski definition) is 2. The minimum absolute atomic E-state index is 0.335. The van der Waals surface area contributed by atoms with Crippen molar-refractivity contribution in [3.8, 4) is 0 Å². The Hall–Kier alpha value is -2.45. The fourth-order valence-electron chi connectivity index (χ4n) is 3.46. The normalized spacial score (nSPS) is 14.7. The molecule has 1 aliphatic rings. The number of nitrogens with zero attached hydrogens (tertiary/aromatic N) is 1. The maximum Gasteiger partial charge on any atom is 0.244 e. The van der Waals surface area contributed by atoms with Gasteiger partial charge in [-0.3, -0.25) is 4.79 Å². The van der Waals surface area contributed by atoms with E-state index in [1.807, 2.05) is 18.2 Å². The van der Waals surface area contributed by atoms with Gasteiger partial charge in [-0.2, -0.15) is 4.72 Å². The van der Waals surface area contributed by atoms with E-state index in [0.717, 1.165) is 31.3 Å². The highest BCUT2D eigenvalue weighted by Gasteiger charge is 2.30. The molecule has 6 nitrogen and oxygen atoms in total. The topological polar surface area (TPSA) is 78.5 Å². The van der Waals surface area contributed by atoms with E-state index >= 15 is 0 Å². The second-order valence-corrected chi connectivity index (χ2v) is 9.12. The number of anilines is 2. The molecule has 3 rings (SSSR count). The number of carbonyl (C=O) groups is 1. The fraction of sp³-hybridized carbons (Fsp3) is 0.381. The van der Waals surface area contributed by atoms with Gasteiger partial charge in [-0.25, -0.2) is 12.8 Å². The minimum atomic E-state index is -4.19. The summed E-state index contributed by atoms with van der Waals surface area (Å²) >= 11 is 0. The second-order valence-electron chi connectivity index (χ2n) is 7.44. The van der Waals surface area contributed by atoms with E-state index in [0.29, 0.717) is 5.69 Å². The summed E-state index contributed by atoms with van der Waals surface area (Å²) < 4.78 is 41.6. The van der Waals surface area contributed by atoms with Crippen LogP contribution in [0, 0.1) is 11.7 Å². The van der Waals surface area contributed by atoms with Gasteiger partial charge < -0.3 is 10.2 Å². The number of likely N-dealkylation sites (N-methyl/N-ethyl adjacent to an activating group) is 1. The van der Waals surface area contributed by atoms with Crippen LogP contribution in [-0.2, 0) is 21.2 Å². The Morgan fingerprint density at radius 3 is 2.59 bits per heavy atom. The van der Waals surface area contributed by atoms with Crippen molar-refractivity contribution < 1.29 is 17.6 Å². The molecule has 8 heteroatoms. The molecule has 1 aliphatic heterocycles. The lowest BCUT2D eigenvalue weighted by Crippen LogP contribution is -2.47. The third-order valence-electron chi connectivity index (χ3n) is 5.08. The number of rotatable bonds is 7.